The van der Waals surface area contributed by atoms with E-state index >= 15 is 0 Å². The number of rotatable bonds is 2. The minimum atomic E-state index is 0.680. The third kappa shape index (κ3) is 1.61. The molecule has 0 bridgehead atoms. The maximum Gasteiger partial charge on any atom is 0.227 e. The lowest BCUT2D eigenvalue weighted by atomic mass is 10.4. The molecular weight excluding hydrogens is 190 g/mol. The Morgan fingerprint density at radius 3 is 2.60 bits per heavy atom. The first-order chi connectivity index (χ1) is 7.36. The van der Waals surface area contributed by atoms with Gasteiger partial charge in [-0.1, -0.05) is 0 Å². The number of nitrogens with one attached hydrogen (secondary N) is 1. The van der Waals surface area contributed by atoms with Crippen LogP contribution in [0.15, 0.2) is 0 Å². The second kappa shape index (κ2) is 3.48. The van der Waals surface area contributed by atoms with E-state index in [1.54, 1.807) is 0 Å². The minimum Gasteiger partial charge on any atom is -0.338 e. The van der Waals surface area contributed by atoms with Gasteiger partial charge in [-0.3, -0.25) is 0 Å². The van der Waals surface area contributed by atoms with Gasteiger partial charge in [-0.15, -0.1) is 10.2 Å². The molecule has 3 rings (SSSR count). The molecule has 0 amide bonds. The number of anilines is 1. The van der Waals surface area contributed by atoms with E-state index in [1.807, 2.05) is 0 Å². The molecule has 2 fully saturated rings. The molecule has 5 nitrogen and oxygen atoms in total. The molecule has 1 saturated carbocycles. The fourth-order valence-corrected chi connectivity index (χ4v) is 2.17. The first-order valence-electron chi connectivity index (χ1n) is 5.71. The van der Waals surface area contributed by atoms with Crippen LogP contribution in [-0.4, -0.2) is 40.9 Å². The standard InChI is InChI=1S/C10H17N5/c1-14-9(8-2-3-8)12-13-10(14)15-6-4-11-5-7-15/h8,11H,2-7H2,1H3. The SMILES string of the molecule is Cn1c(C2CC2)nnc1N1CCNCC1. The zero-order valence-electron chi connectivity index (χ0n) is 9.11. The Kier molecular flexibility index (Phi) is 2.12. The van der Waals surface area contributed by atoms with Crippen molar-refractivity contribution in [1.29, 1.82) is 0 Å². The Balaban J connectivity index is 1.83. The highest BCUT2D eigenvalue weighted by molar-refractivity contribution is 5.32. The van der Waals surface area contributed by atoms with Crippen molar-refractivity contribution in [2.75, 3.05) is 31.1 Å². The summed E-state index contributed by atoms with van der Waals surface area (Å²) in [6.45, 7) is 4.17. The number of hydrogen-bond acceptors (Lipinski definition) is 4. The highest BCUT2D eigenvalue weighted by Gasteiger charge is 2.30. The summed E-state index contributed by atoms with van der Waals surface area (Å²) in [7, 11) is 2.09. The molecule has 2 aliphatic rings. The van der Waals surface area contributed by atoms with Crippen LogP contribution in [-0.2, 0) is 7.05 Å². The third-order valence-electron chi connectivity index (χ3n) is 3.23. The summed E-state index contributed by atoms with van der Waals surface area (Å²) < 4.78 is 2.17. The molecule has 1 N–H and O–H groups in total. The molecule has 1 saturated heterocycles. The van der Waals surface area contributed by atoms with Crippen LogP contribution < -0.4 is 10.2 Å². The minimum absolute atomic E-state index is 0.680. The normalized spacial score (nSPS) is 22.1. The predicted octanol–water partition coefficient (Wildman–Crippen LogP) is 0.102. The zero-order valence-corrected chi connectivity index (χ0v) is 9.11. The Bertz CT molecular complexity index is 349. The van der Waals surface area contributed by atoms with E-state index in [9.17, 15) is 0 Å². The molecule has 2 heterocycles. The van der Waals surface area contributed by atoms with E-state index in [0.717, 1.165) is 32.1 Å². The maximum absolute atomic E-state index is 4.31. The van der Waals surface area contributed by atoms with E-state index in [1.165, 1.54) is 18.7 Å². The second-order valence-electron chi connectivity index (χ2n) is 4.43. The quantitative estimate of drug-likeness (QED) is 0.747. The largest absolute Gasteiger partial charge is 0.338 e. The number of aromatic nitrogens is 3. The lowest BCUT2D eigenvalue weighted by molar-refractivity contribution is 0.572. The average Bonchev–Trinajstić information content (AvgIpc) is 3.04. The molecule has 1 aromatic rings. The van der Waals surface area contributed by atoms with Gasteiger partial charge in [0.05, 0.1) is 0 Å². The van der Waals surface area contributed by atoms with Gasteiger partial charge in [0.25, 0.3) is 0 Å². The van der Waals surface area contributed by atoms with Crippen LogP contribution in [0.25, 0.3) is 0 Å². The van der Waals surface area contributed by atoms with Gasteiger partial charge in [-0.05, 0) is 12.8 Å². The molecule has 0 unspecified atom stereocenters. The molecule has 1 aromatic heterocycles. The average molecular weight is 207 g/mol. The highest BCUT2D eigenvalue weighted by atomic mass is 15.4. The van der Waals surface area contributed by atoms with Crippen molar-refractivity contribution >= 4 is 5.95 Å². The lowest BCUT2D eigenvalue weighted by Crippen LogP contribution is -2.44. The van der Waals surface area contributed by atoms with Crippen molar-refractivity contribution in [2.24, 2.45) is 7.05 Å². The summed E-state index contributed by atoms with van der Waals surface area (Å²) in [5, 5.41) is 12.0. The fraction of sp³-hybridized carbons (Fsp3) is 0.800. The van der Waals surface area contributed by atoms with E-state index in [2.05, 4.69) is 32.0 Å². The van der Waals surface area contributed by atoms with Gasteiger partial charge in [0.2, 0.25) is 5.95 Å². The topological polar surface area (TPSA) is 46.0 Å². The maximum atomic E-state index is 4.31. The van der Waals surface area contributed by atoms with Crippen LogP contribution in [0.2, 0.25) is 0 Å². The van der Waals surface area contributed by atoms with E-state index < -0.39 is 0 Å². The summed E-state index contributed by atoms with van der Waals surface area (Å²) in [6, 6.07) is 0. The number of piperazine rings is 1. The van der Waals surface area contributed by atoms with Crippen LogP contribution in [0.3, 0.4) is 0 Å². The summed E-state index contributed by atoms with van der Waals surface area (Å²) >= 11 is 0. The molecule has 1 aliphatic carbocycles. The van der Waals surface area contributed by atoms with Crippen molar-refractivity contribution in [3.8, 4) is 0 Å². The van der Waals surface area contributed by atoms with Crippen LogP contribution in [0.4, 0.5) is 5.95 Å². The van der Waals surface area contributed by atoms with Gasteiger partial charge in [0, 0.05) is 39.1 Å². The summed E-state index contributed by atoms with van der Waals surface area (Å²) in [5.74, 6) is 2.89. The summed E-state index contributed by atoms with van der Waals surface area (Å²) in [4.78, 5) is 2.31. The van der Waals surface area contributed by atoms with Crippen LogP contribution in [0.1, 0.15) is 24.6 Å². The van der Waals surface area contributed by atoms with Gasteiger partial charge >= 0.3 is 0 Å². The zero-order chi connectivity index (χ0) is 10.3. The Labute approximate surface area is 89.5 Å². The van der Waals surface area contributed by atoms with Crippen molar-refractivity contribution in [3.63, 3.8) is 0 Å². The number of hydrogen-bond donors (Lipinski definition) is 1. The van der Waals surface area contributed by atoms with Gasteiger partial charge < -0.3 is 14.8 Å². The predicted molar refractivity (Wildman–Crippen MR) is 58.1 cm³/mol. The van der Waals surface area contributed by atoms with Crippen molar-refractivity contribution < 1.29 is 0 Å². The Morgan fingerprint density at radius 1 is 1.20 bits per heavy atom. The van der Waals surface area contributed by atoms with Gasteiger partial charge in [0.15, 0.2) is 0 Å². The number of nitrogens with zero attached hydrogens (tertiary/aromatic N) is 4. The van der Waals surface area contributed by atoms with E-state index in [0.29, 0.717) is 5.92 Å². The molecule has 0 radical (unpaired) electrons. The van der Waals surface area contributed by atoms with Crippen molar-refractivity contribution in [1.82, 2.24) is 20.1 Å². The fourth-order valence-electron chi connectivity index (χ4n) is 2.17. The molecule has 0 aromatic carbocycles. The molecule has 5 heteroatoms. The van der Waals surface area contributed by atoms with Gasteiger partial charge in [-0.2, -0.15) is 0 Å². The lowest BCUT2D eigenvalue weighted by Gasteiger charge is -2.27. The van der Waals surface area contributed by atoms with Crippen LogP contribution >= 0.6 is 0 Å². The summed E-state index contributed by atoms with van der Waals surface area (Å²) in [6.07, 6.45) is 2.57. The van der Waals surface area contributed by atoms with Crippen molar-refractivity contribution in [3.05, 3.63) is 5.82 Å². The molecule has 82 valence electrons. The summed E-state index contributed by atoms with van der Waals surface area (Å²) in [5.41, 5.74) is 0. The van der Waals surface area contributed by atoms with E-state index in [4.69, 9.17) is 0 Å². The van der Waals surface area contributed by atoms with Gasteiger partial charge in [0.1, 0.15) is 5.82 Å². The molecule has 0 atom stereocenters. The van der Waals surface area contributed by atoms with Crippen LogP contribution in [0, 0.1) is 0 Å². The third-order valence-corrected chi connectivity index (χ3v) is 3.23. The molecule has 1 aliphatic heterocycles. The molecule has 15 heavy (non-hydrogen) atoms. The Hall–Kier alpha value is -1.10. The van der Waals surface area contributed by atoms with Crippen LogP contribution in [0.5, 0.6) is 0 Å². The first kappa shape index (κ1) is 9.15. The smallest absolute Gasteiger partial charge is 0.227 e. The molecule has 0 spiro atoms. The Morgan fingerprint density at radius 2 is 1.93 bits per heavy atom. The molecular formula is C10H17N5. The highest BCUT2D eigenvalue weighted by Crippen LogP contribution is 2.39. The van der Waals surface area contributed by atoms with E-state index in [-0.39, 0.29) is 0 Å². The first-order valence-corrected chi connectivity index (χ1v) is 5.71. The van der Waals surface area contributed by atoms with Crippen molar-refractivity contribution in [2.45, 2.75) is 18.8 Å². The monoisotopic (exact) mass is 207 g/mol. The van der Waals surface area contributed by atoms with Gasteiger partial charge in [-0.25, -0.2) is 0 Å². The second-order valence-corrected chi connectivity index (χ2v) is 4.43.